The molecule has 1 atom stereocenters. The van der Waals surface area contributed by atoms with Crippen molar-refractivity contribution in [1.29, 1.82) is 0 Å². The second-order valence-electron chi connectivity index (χ2n) is 7.13. The first-order valence-electron chi connectivity index (χ1n) is 9.70. The topological polar surface area (TPSA) is 47.6 Å². The van der Waals surface area contributed by atoms with E-state index in [1.54, 1.807) is 0 Å². The molecule has 0 aliphatic heterocycles. The van der Waals surface area contributed by atoms with Crippen LogP contribution in [0.15, 0.2) is 36.4 Å². The minimum absolute atomic E-state index is 0.0633. The first kappa shape index (κ1) is 18.7. The number of carbonyl (C=O) groups excluding carboxylic acids is 1. The number of hydrogen-bond acceptors (Lipinski definition) is 3. The van der Waals surface area contributed by atoms with Crippen LogP contribution in [-0.4, -0.2) is 24.7 Å². The number of nitrogens with one attached hydrogen (secondary N) is 1. The minimum atomic E-state index is -0.758. The number of unbranched alkanes of at least 4 members (excludes halogenated alkanes) is 1. The molecule has 0 heterocycles. The van der Waals surface area contributed by atoms with Gasteiger partial charge in [0.15, 0.2) is 0 Å². The van der Waals surface area contributed by atoms with Crippen molar-refractivity contribution in [3.8, 4) is 5.75 Å². The molecule has 1 unspecified atom stereocenters. The molecular weight excluding hydrogens is 326 g/mol. The van der Waals surface area contributed by atoms with Crippen molar-refractivity contribution in [2.75, 3.05) is 18.5 Å². The summed E-state index contributed by atoms with van der Waals surface area (Å²) in [4.78, 5) is 13.0. The van der Waals surface area contributed by atoms with E-state index < -0.39 is 5.60 Å². The molecule has 1 fully saturated rings. The Morgan fingerprint density at radius 2 is 1.88 bits per heavy atom. The van der Waals surface area contributed by atoms with E-state index in [-0.39, 0.29) is 5.91 Å². The summed E-state index contributed by atoms with van der Waals surface area (Å²) in [6.45, 7) is 7.23. The van der Waals surface area contributed by atoms with E-state index in [0.29, 0.717) is 19.1 Å². The van der Waals surface area contributed by atoms with Crippen LogP contribution in [0.5, 0.6) is 5.75 Å². The molecule has 140 valence electrons. The maximum absolute atomic E-state index is 13.0. The van der Waals surface area contributed by atoms with Crippen molar-refractivity contribution in [2.24, 2.45) is 5.92 Å². The van der Waals surface area contributed by atoms with Gasteiger partial charge < -0.3 is 14.8 Å². The van der Waals surface area contributed by atoms with Crippen molar-refractivity contribution in [3.05, 3.63) is 36.4 Å². The van der Waals surface area contributed by atoms with Crippen LogP contribution in [0, 0.1) is 5.92 Å². The van der Waals surface area contributed by atoms with Crippen LogP contribution in [-0.2, 0) is 9.53 Å². The lowest BCUT2D eigenvalue weighted by Gasteiger charge is -2.28. The highest BCUT2D eigenvalue weighted by atomic mass is 16.5. The number of amides is 1. The van der Waals surface area contributed by atoms with Gasteiger partial charge in [0.05, 0.1) is 6.61 Å². The number of ether oxygens (including phenoxy) is 2. The molecule has 4 nitrogen and oxygen atoms in total. The summed E-state index contributed by atoms with van der Waals surface area (Å²) in [5, 5.41) is 5.12. The van der Waals surface area contributed by atoms with E-state index >= 15 is 0 Å². The van der Waals surface area contributed by atoms with Gasteiger partial charge in [-0.05, 0) is 51.2 Å². The molecule has 0 aromatic heterocycles. The Bertz CT molecular complexity index is 769. The highest BCUT2D eigenvalue weighted by Crippen LogP contribution is 2.43. The molecule has 1 aliphatic rings. The average molecular weight is 355 g/mol. The van der Waals surface area contributed by atoms with Gasteiger partial charge in [-0.15, -0.1) is 0 Å². The largest absolute Gasteiger partial charge is 0.493 e. The molecule has 1 saturated carbocycles. The summed E-state index contributed by atoms with van der Waals surface area (Å²) in [6.07, 6.45) is 4.23. The summed E-state index contributed by atoms with van der Waals surface area (Å²) in [5.41, 5.74) is 0.0478. The zero-order valence-electron chi connectivity index (χ0n) is 16.0. The normalized spacial score (nSPS) is 16.3. The van der Waals surface area contributed by atoms with Crippen LogP contribution in [0.25, 0.3) is 10.8 Å². The lowest BCUT2D eigenvalue weighted by atomic mass is 9.98. The highest BCUT2D eigenvalue weighted by Gasteiger charge is 2.48. The van der Waals surface area contributed by atoms with Crippen molar-refractivity contribution in [1.82, 2.24) is 0 Å². The second kappa shape index (κ2) is 8.09. The summed E-state index contributed by atoms with van der Waals surface area (Å²) in [7, 11) is 0. The van der Waals surface area contributed by atoms with E-state index in [9.17, 15) is 4.79 Å². The molecule has 0 radical (unpaired) electrons. The number of benzene rings is 2. The van der Waals surface area contributed by atoms with E-state index in [0.717, 1.165) is 47.9 Å². The lowest BCUT2D eigenvalue weighted by molar-refractivity contribution is -0.141. The Morgan fingerprint density at radius 1 is 1.15 bits per heavy atom. The second-order valence-corrected chi connectivity index (χ2v) is 7.13. The fourth-order valence-electron chi connectivity index (χ4n) is 3.38. The third-order valence-corrected chi connectivity index (χ3v) is 5.14. The first-order valence-corrected chi connectivity index (χ1v) is 9.70. The number of hydrogen-bond donors (Lipinski definition) is 1. The monoisotopic (exact) mass is 355 g/mol. The Hall–Kier alpha value is -2.07. The molecule has 1 N–H and O–H groups in total. The molecule has 3 rings (SSSR count). The van der Waals surface area contributed by atoms with Gasteiger partial charge in [-0.1, -0.05) is 37.6 Å². The maximum Gasteiger partial charge on any atom is 0.256 e. The van der Waals surface area contributed by atoms with Crippen LogP contribution in [0.2, 0.25) is 0 Å². The van der Waals surface area contributed by atoms with Gasteiger partial charge in [0.1, 0.15) is 11.4 Å². The Morgan fingerprint density at radius 3 is 2.54 bits per heavy atom. The van der Waals surface area contributed by atoms with Crippen molar-refractivity contribution in [2.45, 2.75) is 52.1 Å². The Kier molecular flexibility index (Phi) is 5.82. The summed E-state index contributed by atoms with van der Waals surface area (Å²) >= 11 is 0. The number of fused-ring (bicyclic) bond motifs is 1. The van der Waals surface area contributed by atoms with Crippen molar-refractivity contribution in [3.63, 3.8) is 0 Å². The van der Waals surface area contributed by atoms with Crippen LogP contribution >= 0.6 is 0 Å². The molecule has 4 heteroatoms. The third-order valence-electron chi connectivity index (χ3n) is 5.14. The lowest BCUT2D eigenvalue weighted by Crippen LogP contribution is -2.44. The molecule has 0 saturated heterocycles. The highest BCUT2D eigenvalue weighted by molar-refractivity contribution is 6.06. The van der Waals surface area contributed by atoms with Gasteiger partial charge in [0, 0.05) is 23.1 Å². The number of anilines is 1. The van der Waals surface area contributed by atoms with Gasteiger partial charge in [-0.2, -0.15) is 0 Å². The Balaban J connectivity index is 1.86. The molecule has 1 aliphatic carbocycles. The first-order chi connectivity index (χ1) is 12.6. The van der Waals surface area contributed by atoms with E-state index in [1.807, 2.05) is 50.2 Å². The molecule has 2 aromatic rings. The fraction of sp³-hybridized carbons (Fsp3) is 0.500. The molecular formula is C22H29NO3. The van der Waals surface area contributed by atoms with Crippen molar-refractivity contribution >= 4 is 22.4 Å². The third kappa shape index (κ3) is 3.85. The zero-order chi connectivity index (χ0) is 18.6. The van der Waals surface area contributed by atoms with Gasteiger partial charge in [-0.25, -0.2) is 0 Å². The quantitative estimate of drug-likeness (QED) is 0.632. The molecule has 2 aromatic carbocycles. The van der Waals surface area contributed by atoms with Gasteiger partial charge in [0.25, 0.3) is 5.91 Å². The smallest absolute Gasteiger partial charge is 0.256 e. The molecule has 0 bridgehead atoms. The van der Waals surface area contributed by atoms with Gasteiger partial charge in [-0.3, -0.25) is 4.79 Å². The minimum Gasteiger partial charge on any atom is -0.493 e. The SMILES string of the molecule is CCCCOc1ccc(NC(=O)C(C)(OCC)C2CC2)c2ccccc12. The van der Waals surface area contributed by atoms with Gasteiger partial charge in [0.2, 0.25) is 0 Å². The van der Waals surface area contributed by atoms with Crippen LogP contribution in [0.3, 0.4) is 0 Å². The molecule has 1 amide bonds. The van der Waals surface area contributed by atoms with E-state index in [4.69, 9.17) is 9.47 Å². The number of carbonyl (C=O) groups is 1. The van der Waals surface area contributed by atoms with Crippen molar-refractivity contribution < 1.29 is 14.3 Å². The predicted octanol–water partition coefficient (Wildman–Crippen LogP) is 5.16. The van der Waals surface area contributed by atoms with Crippen LogP contribution in [0.1, 0.15) is 46.5 Å². The fourth-order valence-corrected chi connectivity index (χ4v) is 3.38. The Labute approximate surface area is 155 Å². The summed E-state index contributed by atoms with van der Waals surface area (Å²) in [5.74, 6) is 1.11. The zero-order valence-corrected chi connectivity index (χ0v) is 16.0. The molecule has 26 heavy (non-hydrogen) atoms. The van der Waals surface area contributed by atoms with Crippen LogP contribution < -0.4 is 10.1 Å². The standard InChI is InChI=1S/C22H29NO3/c1-4-6-15-25-20-14-13-19(17-9-7-8-10-18(17)20)23-21(24)22(3,26-5-2)16-11-12-16/h7-10,13-14,16H,4-6,11-12,15H2,1-3H3,(H,23,24). The number of rotatable bonds is 9. The van der Waals surface area contributed by atoms with Crippen LogP contribution in [0.4, 0.5) is 5.69 Å². The van der Waals surface area contributed by atoms with Gasteiger partial charge >= 0.3 is 0 Å². The van der Waals surface area contributed by atoms with E-state index in [1.165, 1.54) is 0 Å². The average Bonchev–Trinajstić information content (AvgIpc) is 3.49. The van der Waals surface area contributed by atoms with E-state index in [2.05, 4.69) is 12.2 Å². The molecule has 0 spiro atoms. The predicted molar refractivity (Wildman–Crippen MR) is 106 cm³/mol. The summed E-state index contributed by atoms with van der Waals surface area (Å²) < 4.78 is 11.8. The maximum atomic E-state index is 13.0. The summed E-state index contributed by atoms with van der Waals surface area (Å²) in [6, 6.07) is 11.9.